The van der Waals surface area contributed by atoms with Crippen LogP contribution in [0.2, 0.25) is 0 Å². The quantitative estimate of drug-likeness (QED) is 0.702. The van der Waals surface area contributed by atoms with Crippen LogP contribution in [-0.2, 0) is 17.8 Å². The molecule has 96 valence electrons. The molecule has 3 heteroatoms. The molecule has 0 aliphatic rings. The topological polar surface area (TPSA) is 38.5 Å². The van der Waals surface area contributed by atoms with Crippen molar-refractivity contribution >= 4 is 0 Å². The second kappa shape index (κ2) is 8.23. The van der Waals surface area contributed by atoms with Gasteiger partial charge in [0.1, 0.15) is 0 Å². The van der Waals surface area contributed by atoms with Gasteiger partial charge < -0.3 is 15.4 Å². The summed E-state index contributed by atoms with van der Waals surface area (Å²) in [7, 11) is 3.91. The fourth-order valence-corrected chi connectivity index (χ4v) is 1.87. The molecule has 0 aliphatic carbocycles. The van der Waals surface area contributed by atoms with Crippen molar-refractivity contribution in [3.63, 3.8) is 0 Å². The number of methoxy groups -OCH3 is 1. The Hall–Kier alpha value is -0.900. The maximum absolute atomic E-state index is 5.64. The molecule has 0 aliphatic heterocycles. The Morgan fingerprint density at radius 3 is 2.71 bits per heavy atom. The van der Waals surface area contributed by atoms with Gasteiger partial charge in [-0.25, -0.2) is 0 Å². The smallest absolute Gasteiger partial charge is 0.0462 e. The van der Waals surface area contributed by atoms with Crippen molar-refractivity contribution in [2.24, 2.45) is 5.73 Å². The first-order valence-corrected chi connectivity index (χ1v) is 6.21. The summed E-state index contributed by atoms with van der Waals surface area (Å²) in [6.45, 7) is 3.57. The summed E-state index contributed by atoms with van der Waals surface area (Å²) >= 11 is 0. The van der Waals surface area contributed by atoms with Crippen molar-refractivity contribution in [1.82, 2.24) is 4.90 Å². The minimum atomic E-state index is 0.616. The molecule has 0 saturated heterocycles. The van der Waals surface area contributed by atoms with Crippen LogP contribution in [0.15, 0.2) is 24.3 Å². The normalized spacial score (nSPS) is 11.1. The fourth-order valence-electron chi connectivity index (χ4n) is 1.87. The zero-order valence-electron chi connectivity index (χ0n) is 11.0. The average molecular weight is 236 g/mol. The summed E-state index contributed by atoms with van der Waals surface area (Å²) < 4.78 is 5.04. The van der Waals surface area contributed by atoms with E-state index in [-0.39, 0.29) is 0 Å². The third-order valence-corrected chi connectivity index (χ3v) is 2.82. The Morgan fingerprint density at radius 2 is 2.00 bits per heavy atom. The minimum Gasteiger partial charge on any atom is -0.385 e. The lowest BCUT2D eigenvalue weighted by Gasteiger charge is -2.16. The number of nitrogens with two attached hydrogens (primary N) is 1. The van der Waals surface area contributed by atoms with Gasteiger partial charge in [-0.1, -0.05) is 24.3 Å². The molecular weight excluding hydrogens is 212 g/mol. The highest BCUT2D eigenvalue weighted by Gasteiger charge is 2.01. The summed E-state index contributed by atoms with van der Waals surface area (Å²) in [5.41, 5.74) is 8.17. The number of hydrogen-bond donors (Lipinski definition) is 1. The molecule has 0 unspecified atom stereocenters. The van der Waals surface area contributed by atoms with Crippen LogP contribution >= 0.6 is 0 Å². The zero-order valence-corrected chi connectivity index (χ0v) is 11.0. The van der Waals surface area contributed by atoms with Crippen LogP contribution in [0, 0.1) is 0 Å². The number of unbranched alkanes of at least 4 members (excludes halogenated alkanes) is 1. The third kappa shape index (κ3) is 5.82. The molecule has 1 aromatic rings. The lowest BCUT2D eigenvalue weighted by Crippen LogP contribution is -2.19. The Bertz CT molecular complexity index is 315. The van der Waals surface area contributed by atoms with Crippen molar-refractivity contribution in [2.75, 3.05) is 27.3 Å². The molecule has 0 saturated carbocycles. The SMILES string of the molecule is COCCCCN(C)Cc1cccc(CN)c1. The van der Waals surface area contributed by atoms with Gasteiger partial charge in [-0.3, -0.25) is 0 Å². The Balaban J connectivity index is 2.31. The Kier molecular flexibility index (Phi) is 6.86. The van der Waals surface area contributed by atoms with E-state index < -0.39 is 0 Å². The Morgan fingerprint density at radius 1 is 1.24 bits per heavy atom. The van der Waals surface area contributed by atoms with E-state index in [0.29, 0.717) is 6.54 Å². The highest BCUT2D eigenvalue weighted by Crippen LogP contribution is 2.07. The van der Waals surface area contributed by atoms with E-state index in [4.69, 9.17) is 10.5 Å². The largest absolute Gasteiger partial charge is 0.385 e. The number of hydrogen-bond acceptors (Lipinski definition) is 3. The van der Waals surface area contributed by atoms with Gasteiger partial charge >= 0.3 is 0 Å². The van der Waals surface area contributed by atoms with Gasteiger partial charge in [-0.2, -0.15) is 0 Å². The van der Waals surface area contributed by atoms with Gasteiger partial charge in [0.25, 0.3) is 0 Å². The first-order chi connectivity index (χ1) is 8.26. The van der Waals surface area contributed by atoms with E-state index in [1.807, 2.05) is 0 Å². The number of benzene rings is 1. The number of rotatable bonds is 8. The van der Waals surface area contributed by atoms with Crippen LogP contribution in [0.4, 0.5) is 0 Å². The summed E-state index contributed by atoms with van der Waals surface area (Å²) in [5, 5.41) is 0. The van der Waals surface area contributed by atoms with E-state index in [2.05, 4.69) is 36.2 Å². The lowest BCUT2D eigenvalue weighted by molar-refractivity contribution is 0.186. The van der Waals surface area contributed by atoms with Crippen LogP contribution in [-0.4, -0.2) is 32.2 Å². The standard InChI is InChI=1S/C14H24N2O/c1-16(8-3-4-9-17-2)12-14-7-5-6-13(10-14)11-15/h5-7,10H,3-4,8-9,11-12,15H2,1-2H3. The molecule has 17 heavy (non-hydrogen) atoms. The molecular formula is C14H24N2O. The summed E-state index contributed by atoms with van der Waals surface area (Å²) in [6, 6.07) is 8.49. The number of nitrogens with zero attached hydrogens (tertiary/aromatic N) is 1. The van der Waals surface area contributed by atoms with E-state index >= 15 is 0 Å². The molecule has 0 radical (unpaired) electrons. The molecule has 0 atom stereocenters. The van der Waals surface area contributed by atoms with Gasteiger partial charge in [0, 0.05) is 26.8 Å². The molecule has 2 N–H and O–H groups in total. The summed E-state index contributed by atoms with van der Waals surface area (Å²) in [6.07, 6.45) is 2.31. The van der Waals surface area contributed by atoms with Gasteiger partial charge in [0.15, 0.2) is 0 Å². The number of ether oxygens (including phenoxy) is 1. The maximum atomic E-state index is 5.64. The third-order valence-electron chi connectivity index (χ3n) is 2.82. The highest BCUT2D eigenvalue weighted by atomic mass is 16.5. The molecule has 1 aromatic carbocycles. The van der Waals surface area contributed by atoms with Gasteiger partial charge in [0.2, 0.25) is 0 Å². The van der Waals surface area contributed by atoms with Crippen molar-refractivity contribution < 1.29 is 4.74 Å². The van der Waals surface area contributed by atoms with Crippen molar-refractivity contribution in [3.05, 3.63) is 35.4 Å². The summed E-state index contributed by atoms with van der Waals surface area (Å²) in [4.78, 5) is 2.34. The monoisotopic (exact) mass is 236 g/mol. The fraction of sp³-hybridized carbons (Fsp3) is 0.571. The van der Waals surface area contributed by atoms with E-state index in [9.17, 15) is 0 Å². The molecule has 1 rings (SSSR count). The molecule has 0 spiro atoms. The van der Waals surface area contributed by atoms with Gasteiger partial charge in [-0.05, 0) is 37.6 Å². The first kappa shape index (κ1) is 14.2. The van der Waals surface area contributed by atoms with E-state index in [0.717, 1.165) is 26.1 Å². The highest BCUT2D eigenvalue weighted by molar-refractivity contribution is 5.23. The maximum Gasteiger partial charge on any atom is 0.0462 e. The second-order valence-corrected chi connectivity index (χ2v) is 4.46. The van der Waals surface area contributed by atoms with E-state index in [1.54, 1.807) is 7.11 Å². The Labute approximate surface area is 105 Å². The van der Waals surface area contributed by atoms with E-state index in [1.165, 1.54) is 17.5 Å². The minimum absolute atomic E-state index is 0.616. The predicted molar refractivity (Wildman–Crippen MR) is 71.8 cm³/mol. The first-order valence-electron chi connectivity index (χ1n) is 6.21. The average Bonchev–Trinajstić information content (AvgIpc) is 2.35. The van der Waals surface area contributed by atoms with Crippen molar-refractivity contribution in [3.8, 4) is 0 Å². The predicted octanol–water partition coefficient (Wildman–Crippen LogP) is 2.00. The van der Waals surface area contributed by atoms with Crippen LogP contribution in [0.25, 0.3) is 0 Å². The lowest BCUT2D eigenvalue weighted by atomic mass is 10.1. The van der Waals surface area contributed by atoms with Gasteiger partial charge in [-0.15, -0.1) is 0 Å². The van der Waals surface area contributed by atoms with Gasteiger partial charge in [0.05, 0.1) is 0 Å². The molecule has 0 amide bonds. The van der Waals surface area contributed by atoms with Crippen LogP contribution < -0.4 is 5.73 Å². The van der Waals surface area contributed by atoms with Crippen LogP contribution in [0.1, 0.15) is 24.0 Å². The van der Waals surface area contributed by atoms with Crippen molar-refractivity contribution in [1.29, 1.82) is 0 Å². The molecule has 0 aromatic heterocycles. The molecule has 3 nitrogen and oxygen atoms in total. The molecule has 0 bridgehead atoms. The molecule has 0 heterocycles. The van der Waals surface area contributed by atoms with Crippen molar-refractivity contribution in [2.45, 2.75) is 25.9 Å². The molecule has 0 fully saturated rings. The van der Waals surface area contributed by atoms with Crippen LogP contribution in [0.3, 0.4) is 0 Å². The van der Waals surface area contributed by atoms with Crippen LogP contribution in [0.5, 0.6) is 0 Å². The zero-order chi connectivity index (χ0) is 12.5. The second-order valence-electron chi connectivity index (χ2n) is 4.46. The summed E-state index contributed by atoms with van der Waals surface area (Å²) in [5.74, 6) is 0.